The maximum atomic E-state index is 13.0. The second-order valence-corrected chi connectivity index (χ2v) is 7.53. The van der Waals surface area contributed by atoms with E-state index in [-0.39, 0.29) is 11.2 Å². The summed E-state index contributed by atoms with van der Waals surface area (Å²) in [7, 11) is 4.15. The van der Waals surface area contributed by atoms with Crippen molar-refractivity contribution >= 4 is 11.6 Å². The Labute approximate surface area is 144 Å². The van der Waals surface area contributed by atoms with E-state index in [0.29, 0.717) is 5.96 Å². The highest BCUT2D eigenvalue weighted by molar-refractivity contribution is 5.78. The topological polar surface area (TPSA) is 48.1 Å². The highest BCUT2D eigenvalue weighted by Gasteiger charge is 2.21. The summed E-state index contributed by atoms with van der Waals surface area (Å²) < 4.78 is 13.0. The lowest BCUT2D eigenvalue weighted by molar-refractivity contribution is 0.247. The fourth-order valence-electron chi connectivity index (χ4n) is 3.15. The van der Waals surface area contributed by atoms with Crippen LogP contribution in [0.1, 0.15) is 13.8 Å². The highest BCUT2D eigenvalue weighted by atomic mass is 19.1. The van der Waals surface area contributed by atoms with Crippen LogP contribution in [0.2, 0.25) is 0 Å². The quantitative estimate of drug-likeness (QED) is 0.659. The average molecular weight is 335 g/mol. The van der Waals surface area contributed by atoms with Gasteiger partial charge in [-0.3, -0.25) is 4.99 Å². The number of halogens is 1. The van der Waals surface area contributed by atoms with Crippen molar-refractivity contribution in [3.63, 3.8) is 0 Å². The molecule has 6 heteroatoms. The third-order valence-electron chi connectivity index (χ3n) is 4.21. The Balaban J connectivity index is 1.87. The predicted octanol–water partition coefficient (Wildman–Crippen LogP) is 1.85. The van der Waals surface area contributed by atoms with Crippen LogP contribution >= 0.6 is 0 Å². The van der Waals surface area contributed by atoms with Gasteiger partial charge in [0.15, 0.2) is 5.96 Å². The van der Waals surface area contributed by atoms with Crippen molar-refractivity contribution in [3.05, 3.63) is 30.1 Å². The van der Waals surface area contributed by atoms with Gasteiger partial charge in [0.2, 0.25) is 0 Å². The molecular weight excluding hydrogens is 305 g/mol. The Morgan fingerprint density at radius 3 is 2.29 bits per heavy atom. The fourth-order valence-corrected chi connectivity index (χ4v) is 3.15. The number of anilines is 1. The molecule has 0 aromatic heterocycles. The number of hydrogen-bond donors (Lipinski definition) is 1. The van der Waals surface area contributed by atoms with E-state index in [9.17, 15) is 4.39 Å². The Kier molecular flexibility index (Phi) is 6.04. The van der Waals surface area contributed by atoms with Gasteiger partial charge in [0.25, 0.3) is 0 Å². The highest BCUT2D eigenvalue weighted by Crippen LogP contribution is 2.18. The van der Waals surface area contributed by atoms with Crippen LogP contribution in [0.25, 0.3) is 0 Å². The van der Waals surface area contributed by atoms with Crippen LogP contribution in [-0.4, -0.2) is 69.1 Å². The van der Waals surface area contributed by atoms with Gasteiger partial charge in [-0.05, 0) is 43.8 Å². The molecule has 24 heavy (non-hydrogen) atoms. The van der Waals surface area contributed by atoms with Crippen LogP contribution in [0.15, 0.2) is 29.3 Å². The van der Waals surface area contributed by atoms with E-state index in [2.05, 4.69) is 47.6 Å². The van der Waals surface area contributed by atoms with Crippen LogP contribution in [-0.2, 0) is 0 Å². The van der Waals surface area contributed by atoms with Gasteiger partial charge in [0, 0.05) is 45.0 Å². The lowest BCUT2D eigenvalue weighted by Crippen LogP contribution is -2.51. The molecule has 1 heterocycles. The number of guanidine groups is 1. The first kappa shape index (κ1) is 18.5. The van der Waals surface area contributed by atoms with Gasteiger partial charge in [-0.1, -0.05) is 13.8 Å². The molecule has 0 unspecified atom stereocenters. The zero-order chi connectivity index (χ0) is 17.7. The van der Waals surface area contributed by atoms with Crippen molar-refractivity contribution < 1.29 is 4.39 Å². The van der Waals surface area contributed by atoms with E-state index in [4.69, 9.17) is 5.73 Å². The van der Waals surface area contributed by atoms with Crippen LogP contribution in [0.5, 0.6) is 0 Å². The SMILES string of the molecule is CN(C)CC(C)(C)CN=C(N)N1CCN(c2ccc(F)cc2)CC1. The zero-order valence-corrected chi connectivity index (χ0v) is 15.3. The van der Waals surface area contributed by atoms with Gasteiger partial charge in [0.05, 0.1) is 0 Å². The maximum Gasteiger partial charge on any atom is 0.191 e. The molecule has 5 nitrogen and oxygen atoms in total. The van der Waals surface area contributed by atoms with Crippen molar-refractivity contribution in [2.75, 3.05) is 58.3 Å². The van der Waals surface area contributed by atoms with E-state index in [1.165, 1.54) is 12.1 Å². The number of piperazine rings is 1. The summed E-state index contributed by atoms with van der Waals surface area (Å²) in [6.07, 6.45) is 0. The number of aliphatic imine (C=N–C) groups is 1. The van der Waals surface area contributed by atoms with Gasteiger partial charge in [-0.2, -0.15) is 0 Å². The molecule has 0 atom stereocenters. The lowest BCUT2D eigenvalue weighted by atomic mass is 9.93. The third kappa shape index (κ3) is 5.37. The summed E-state index contributed by atoms with van der Waals surface area (Å²) in [5.41, 5.74) is 7.34. The van der Waals surface area contributed by atoms with Gasteiger partial charge >= 0.3 is 0 Å². The molecule has 2 N–H and O–H groups in total. The van der Waals surface area contributed by atoms with Gasteiger partial charge in [-0.15, -0.1) is 0 Å². The van der Waals surface area contributed by atoms with Gasteiger partial charge in [0.1, 0.15) is 5.82 Å². The van der Waals surface area contributed by atoms with Gasteiger partial charge < -0.3 is 20.4 Å². The van der Waals surface area contributed by atoms with Crippen LogP contribution < -0.4 is 10.6 Å². The van der Waals surface area contributed by atoms with E-state index < -0.39 is 0 Å². The largest absolute Gasteiger partial charge is 0.370 e. The molecule has 0 spiro atoms. The van der Waals surface area contributed by atoms with Crippen molar-refractivity contribution in [3.8, 4) is 0 Å². The van der Waals surface area contributed by atoms with Crippen LogP contribution in [0.3, 0.4) is 0 Å². The minimum atomic E-state index is -0.200. The summed E-state index contributed by atoms with van der Waals surface area (Å²) in [6, 6.07) is 6.66. The molecule has 0 amide bonds. The minimum absolute atomic E-state index is 0.101. The minimum Gasteiger partial charge on any atom is -0.370 e. The first-order valence-corrected chi connectivity index (χ1v) is 8.47. The fraction of sp³-hybridized carbons (Fsp3) is 0.611. The molecule has 0 saturated carbocycles. The number of nitrogens with zero attached hydrogens (tertiary/aromatic N) is 4. The normalized spacial score (nSPS) is 16.8. The van der Waals surface area contributed by atoms with Crippen LogP contribution in [0.4, 0.5) is 10.1 Å². The summed E-state index contributed by atoms with van der Waals surface area (Å²) in [6.45, 7) is 9.50. The molecule has 1 aromatic rings. The molecule has 1 aliphatic heterocycles. The molecule has 1 fully saturated rings. The van der Waals surface area contributed by atoms with E-state index in [1.807, 2.05) is 12.1 Å². The Hall–Kier alpha value is -1.82. The molecule has 0 radical (unpaired) electrons. The summed E-state index contributed by atoms with van der Waals surface area (Å²) >= 11 is 0. The third-order valence-corrected chi connectivity index (χ3v) is 4.21. The standard InChI is InChI=1S/C18H30FN5/c1-18(2,14-22(3)4)13-21-17(20)24-11-9-23(10-12-24)16-7-5-15(19)6-8-16/h5-8H,9-14H2,1-4H3,(H2,20,21). The van der Waals surface area contributed by atoms with Crippen LogP contribution in [0, 0.1) is 11.2 Å². The van der Waals surface area contributed by atoms with Crippen molar-refractivity contribution in [1.29, 1.82) is 0 Å². The number of hydrogen-bond acceptors (Lipinski definition) is 3. The molecule has 1 aromatic carbocycles. The number of rotatable bonds is 5. The molecule has 134 valence electrons. The zero-order valence-electron chi connectivity index (χ0n) is 15.3. The van der Waals surface area contributed by atoms with E-state index in [1.54, 1.807) is 0 Å². The van der Waals surface area contributed by atoms with Crippen molar-refractivity contribution in [1.82, 2.24) is 9.80 Å². The lowest BCUT2D eigenvalue weighted by Gasteiger charge is -2.37. The second kappa shape index (κ2) is 7.83. The Bertz CT molecular complexity index is 545. The van der Waals surface area contributed by atoms with E-state index >= 15 is 0 Å². The van der Waals surface area contributed by atoms with Crippen molar-refractivity contribution in [2.45, 2.75) is 13.8 Å². The average Bonchev–Trinajstić information content (AvgIpc) is 2.52. The number of benzene rings is 1. The first-order valence-electron chi connectivity index (χ1n) is 8.47. The van der Waals surface area contributed by atoms with E-state index in [0.717, 1.165) is 45.0 Å². The molecular formula is C18H30FN5. The molecule has 1 aliphatic rings. The monoisotopic (exact) mass is 335 g/mol. The second-order valence-electron chi connectivity index (χ2n) is 7.53. The summed E-state index contributed by atoms with van der Waals surface area (Å²) in [4.78, 5) is 11.2. The summed E-state index contributed by atoms with van der Waals surface area (Å²) in [5.74, 6) is 0.426. The first-order chi connectivity index (χ1) is 11.3. The summed E-state index contributed by atoms with van der Waals surface area (Å²) in [5, 5.41) is 0. The smallest absolute Gasteiger partial charge is 0.191 e. The van der Waals surface area contributed by atoms with Crippen molar-refractivity contribution in [2.24, 2.45) is 16.1 Å². The van der Waals surface area contributed by atoms with Gasteiger partial charge in [-0.25, -0.2) is 4.39 Å². The Morgan fingerprint density at radius 1 is 1.17 bits per heavy atom. The predicted molar refractivity (Wildman–Crippen MR) is 99.0 cm³/mol. The molecule has 0 aliphatic carbocycles. The molecule has 0 bridgehead atoms. The molecule has 1 saturated heterocycles. The number of nitrogens with two attached hydrogens (primary N) is 1. The Morgan fingerprint density at radius 2 is 1.75 bits per heavy atom. The maximum absolute atomic E-state index is 13.0. The molecule has 2 rings (SSSR count).